The van der Waals surface area contributed by atoms with Crippen LogP contribution < -0.4 is 15.0 Å². The van der Waals surface area contributed by atoms with Gasteiger partial charge in [0.1, 0.15) is 5.75 Å². The third kappa shape index (κ3) is 5.00. The third-order valence-corrected chi connectivity index (χ3v) is 3.18. The van der Waals surface area contributed by atoms with Gasteiger partial charge in [0.2, 0.25) is 0 Å². The number of likely N-dealkylation sites (N-methyl/N-ethyl adjacent to an activating group) is 1. The minimum absolute atomic E-state index is 0.126. The molecular weight excluding hydrogens is 256 g/mol. The summed E-state index contributed by atoms with van der Waals surface area (Å²) in [5.41, 5.74) is 2.15. The molecule has 114 valence electrons. The molecule has 0 aromatic heterocycles. The van der Waals surface area contributed by atoms with Crippen molar-refractivity contribution in [1.29, 1.82) is 0 Å². The fourth-order valence-corrected chi connectivity index (χ4v) is 2.10. The van der Waals surface area contributed by atoms with Crippen LogP contribution in [-0.4, -0.2) is 50.2 Å². The van der Waals surface area contributed by atoms with Crippen LogP contribution in [0.2, 0.25) is 0 Å². The number of aliphatic hydroxyl groups is 2. The topological polar surface area (TPSA) is 65.0 Å². The van der Waals surface area contributed by atoms with Crippen molar-refractivity contribution in [2.24, 2.45) is 0 Å². The molecule has 5 nitrogen and oxygen atoms in total. The first-order valence-electron chi connectivity index (χ1n) is 7.11. The molecule has 0 bridgehead atoms. The van der Waals surface area contributed by atoms with Crippen LogP contribution in [0.4, 0.5) is 5.69 Å². The molecule has 0 heterocycles. The van der Waals surface area contributed by atoms with Gasteiger partial charge < -0.3 is 25.2 Å². The molecule has 0 aliphatic heterocycles. The summed E-state index contributed by atoms with van der Waals surface area (Å²) in [6.07, 6.45) is 0.759. The number of hydrogen-bond acceptors (Lipinski definition) is 5. The van der Waals surface area contributed by atoms with E-state index >= 15 is 0 Å². The zero-order valence-electron chi connectivity index (χ0n) is 12.4. The van der Waals surface area contributed by atoms with Crippen LogP contribution in [0.3, 0.4) is 0 Å². The molecule has 0 aliphatic rings. The van der Waals surface area contributed by atoms with E-state index in [0.717, 1.165) is 43.1 Å². The largest absolute Gasteiger partial charge is 0.495 e. The van der Waals surface area contributed by atoms with E-state index in [9.17, 15) is 0 Å². The third-order valence-electron chi connectivity index (χ3n) is 3.18. The standard InChI is InChI=1S/C15H26N2O3/c1-3-17(8-10-19)14-6-5-13(11-15(14)20-2)12-16-7-4-9-18/h5-6,11,16,18-19H,3-4,7-10,12H2,1-2H3. The number of anilines is 1. The summed E-state index contributed by atoms with van der Waals surface area (Å²) < 4.78 is 5.45. The Labute approximate surface area is 121 Å². The number of methoxy groups -OCH3 is 1. The SMILES string of the molecule is CCN(CCO)c1ccc(CNCCCO)cc1OC. The summed E-state index contributed by atoms with van der Waals surface area (Å²) in [6.45, 7) is 5.36. The molecule has 0 radical (unpaired) electrons. The molecule has 20 heavy (non-hydrogen) atoms. The lowest BCUT2D eigenvalue weighted by Gasteiger charge is -2.24. The van der Waals surface area contributed by atoms with Gasteiger partial charge in [0.05, 0.1) is 19.4 Å². The molecule has 1 rings (SSSR count). The second-order valence-electron chi connectivity index (χ2n) is 4.56. The summed E-state index contributed by atoms with van der Waals surface area (Å²) in [7, 11) is 1.66. The first-order valence-corrected chi connectivity index (χ1v) is 7.11. The Morgan fingerprint density at radius 3 is 2.65 bits per heavy atom. The predicted octanol–water partition coefficient (Wildman–Crippen LogP) is 0.986. The van der Waals surface area contributed by atoms with Crippen molar-refractivity contribution in [2.75, 3.05) is 44.9 Å². The normalized spacial score (nSPS) is 10.6. The molecule has 0 fully saturated rings. The minimum atomic E-state index is 0.126. The van der Waals surface area contributed by atoms with Crippen LogP contribution in [0.15, 0.2) is 18.2 Å². The van der Waals surface area contributed by atoms with Gasteiger partial charge in [-0.25, -0.2) is 0 Å². The smallest absolute Gasteiger partial charge is 0.142 e. The summed E-state index contributed by atoms with van der Waals surface area (Å²) in [6, 6.07) is 6.10. The Morgan fingerprint density at radius 1 is 1.25 bits per heavy atom. The second kappa shape index (κ2) is 9.58. The number of hydrogen-bond donors (Lipinski definition) is 3. The fraction of sp³-hybridized carbons (Fsp3) is 0.600. The van der Waals surface area contributed by atoms with Gasteiger partial charge in [-0.1, -0.05) is 6.07 Å². The van der Waals surface area contributed by atoms with E-state index in [1.165, 1.54) is 0 Å². The summed E-state index contributed by atoms with van der Waals surface area (Å²) in [5.74, 6) is 0.821. The number of aliphatic hydroxyl groups excluding tert-OH is 2. The Kier molecular flexibility index (Phi) is 8.02. The van der Waals surface area contributed by atoms with E-state index in [0.29, 0.717) is 6.54 Å². The zero-order valence-corrected chi connectivity index (χ0v) is 12.4. The lowest BCUT2D eigenvalue weighted by atomic mass is 10.1. The van der Waals surface area contributed by atoms with Crippen molar-refractivity contribution in [3.63, 3.8) is 0 Å². The van der Waals surface area contributed by atoms with Crippen molar-refractivity contribution in [2.45, 2.75) is 19.9 Å². The summed E-state index contributed by atoms with van der Waals surface area (Å²) in [5, 5.41) is 21.1. The number of benzene rings is 1. The van der Waals surface area contributed by atoms with E-state index in [4.69, 9.17) is 14.9 Å². The van der Waals surface area contributed by atoms with Gasteiger partial charge in [-0.15, -0.1) is 0 Å². The summed E-state index contributed by atoms with van der Waals surface area (Å²) >= 11 is 0. The molecule has 0 aliphatic carbocycles. The Morgan fingerprint density at radius 2 is 2.05 bits per heavy atom. The van der Waals surface area contributed by atoms with Crippen molar-refractivity contribution >= 4 is 5.69 Å². The highest BCUT2D eigenvalue weighted by atomic mass is 16.5. The molecule has 0 saturated heterocycles. The van der Waals surface area contributed by atoms with Crippen molar-refractivity contribution in [3.8, 4) is 5.75 Å². The number of ether oxygens (including phenoxy) is 1. The Balaban J connectivity index is 2.73. The van der Waals surface area contributed by atoms with Gasteiger partial charge in [-0.2, -0.15) is 0 Å². The number of nitrogens with zero attached hydrogens (tertiary/aromatic N) is 1. The van der Waals surface area contributed by atoms with E-state index in [-0.39, 0.29) is 13.2 Å². The fourth-order valence-electron chi connectivity index (χ4n) is 2.10. The number of rotatable bonds is 10. The van der Waals surface area contributed by atoms with Gasteiger partial charge in [-0.05, 0) is 37.6 Å². The number of nitrogens with one attached hydrogen (secondary N) is 1. The highest BCUT2D eigenvalue weighted by Crippen LogP contribution is 2.29. The summed E-state index contributed by atoms with van der Waals surface area (Å²) in [4.78, 5) is 2.09. The average Bonchev–Trinajstić information content (AvgIpc) is 2.49. The van der Waals surface area contributed by atoms with E-state index in [1.54, 1.807) is 7.11 Å². The van der Waals surface area contributed by atoms with Gasteiger partial charge in [0.15, 0.2) is 0 Å². The van der Waals surface area contributed by atoms with Gasteiger partial charge in [0.25, 0.3) is 0 Å². The molecule has 3 N–H and O–H groups in total. The highest BCUT2D eigenvalue weighted by molar-refractivity contribution is 5.59. The minimum Gasteiger partial charge on any atom is -0.495 e. The van der Waals surface area contributed by atoms with Crippen molar-refractivity contribution in [3.05, 3.63) is 23.8 Å². The van der Waals surface area contributed by atoms with E-state index in [1.807, 2.05) is 12.1 Å². The van der Waals surface area contributed by atoms with Gasteiger partial charge >= 0.3 is 0 Å². The van der Waals surface area contributed by atoms with Gasteiger partial charge in [0, 0.05) is 26.2 Å². The zero-order chi connectivity index (χ0) is 14.8. The second-order valence-corrected chi connectivity index (χ2v) is 4.56. The Bertz CT molecular complexity index is 385. The first kappa shape index (κ1) is 16.8. The molecule has 0 spiro atoms. The predicted molar refractivity (Wildman–Crippen MR) is 81.4 cm³/mol. The maximum atomic E-state index is 9.10. The maximum absolute atomic E-state index is 9.10. The maximum Gasteiger partial charge on any atom is 0.142 e. The van der Waals surface area contributed by atoms with E-state index in [2.05, 4.69) is 23.2 Å². The van der Waals surface area contributed by atoms with E-state index < -0.39 is 0 Å². The van der Waals surface area contributed by atoms with Crippen LogP contribution in [0.25, 0.3) is 0 Å². The molecule has 0 saturated carbocycles. The van der Waals surface area contributed by atoms with Crippen LogP contribution in [0.5, 0.6) is 5.75 Å². The molecule has 0 atom stereocenters. The first-order chi connectivity index (χ1) is 9.76. The van der Waals surface area contributed by atoms with Crippen molar-refractivity contribution in [1.82, 2.24) is 5.32 Å². The molecule has 0 amide bonds. The molecule has 1 aromatic carbocycles. The lowest BCUT2D eigenvalue weighted by molar-refractivity contribution is 0.286. The molecule has 1 aromatic rings. The van der Waals surface area contributed by atoms with Crippen LogP contribution in [0, 0.1) is 0 Å². The lowest BCUT2D eigenvalue weighted by Crippen LogP contribution is -2.26. The molecular formula is C15H26N2O3. The molecule has 5 heteroatoms. The van der Waals surface area contributed by atoms with Crippen LogP contribution in [0.1, 0.15) is 18.9 Å². The monoisotopic (exact) mass is 282 g/mol. The quantitative estimate of drug-likeness (QED) is 0.559. The van der Waals surface area contributed by atoms with Crippen molar-refractivity contribution < 1.29 is 14.9 Å². The van der Waals surface area contributed by atoms with Crippen LogP contribution in [-0.2, 0) is 6.54 Å². The van der Waals surface area contributed by atoms with Gasteiger partial charge in [-0.3, -0.25) is 0 Å². The molecule has 0 unspecified atom stereocenters. The highest BCUT2D eigenvalue weighted by Gasteiger charge is 2.10. The average molecular weight is 282 g/mol. The van der Waals surface area contributed by atoms with Crippen LogP contribution >= 0.6 is 0 Å². The Hall–Kier alpha value is -1.30.